The summed E-state index contributed by atoms with van der Waals surface area (Å²) in [6, 6.07) is 4.32. The number of carbonyl (C=O) groups is 1. The van der Waals surface area contributed by atoms with E-state index in [0.29, 0.717) is 5.91 Å². The summed E-state index contributed by atoms with van der Waals surface area (Å²) in [6.45, 7) is 4.12. The second-order valence-corrected chi connectivity index (χ2v) is 6.53. The predicted molar refractivity (Wildman–Crippen MR) is 73.5 cm³/mol. The summed E-state index contributed by atoms with van der Waals surface area (Å²) in [7, 11) is 0. The minimum Gasteiger partial charge on any atom is -0.356 e. The molecule has 1 aromatic rings. The first-order chi connectivity index (χ1) is 8.78. The molecule has 3 nitrogen and oxygen atoms in total. The molecule has 0 aliphatic carbocycles. The van der Waals surface area contributed by atoms with Crippen LogP contribution in [0.2, 0.25) is 0 Å². The Hall–Kier alpha value is -0.870. The molecule has 3 rings (SSSR count). The zero-order chi connectivity index (χ0) is 12.4. The third-order valence-electron chi connectivity index (χ3n) is 4.37. The molecule has 0 aromatic carbocycles. The van der Waals surface area contributed by atoms with E-state index in [1.807, 2.05) is 11.3 Å². The third-order valence-corrected chi connectivity index (χ3v) is 5.23. The number of rotatable bonds is 2. The number of amides is 1. The standard InChI is InChI=1S/C14H20N2OS/c17-13-14(5-7-15-13)4-2-8-16(9-6-14)11-12-3-1-10-18-12/h1,3,10H,2,4-9,11H2,(H,15,17)/t14-/m0/s1. The monoisotopic (exact) mass is 264 g/mol. The van der Waals surface area contributed by atoms with Crippen LogP contribution in [0.15, 0.2) is 17.5 Å². The van der Waals surface area contributed by atoms with E-state index in [1.165, 1.54) is 4.88 Å². The molecule has 1 aromatic heterocycles. The van der Waals surface area contributed by atoms with Gasteiger partial charge in [0.2, 0.25) is 5.91 Å². The molecule has 0 bridgehead atoms. The molecule has 0 saturated carbocycles. The van der Waals surface area contributed by atoms with Gasteiger partial charge in [0.15, 0.2) is 0 Å². The first-order valence-corrected chi connectivity index (χ1v) is 7.70. The van der Waals surface area contributed by atoms with E-state index in [1.54, 1.807) is 0 Å². The predicted octanol–water partition coefficient (Wildman–Crippen LogP) is 2.24. The van der Waals surface area contributed by atoms with E-state index >= 15 is 0 Å². The number of nitrogens with zero attached hydrogens (tertiary/aromatic N) is 1. The molecule has 2 fully saturated rings. The molecular formula is C14H20N2OS. The molecule has 2 aliphatic rings. The van der Waals surface area contributed by atoms with E-state index in [2.05, 4.69) is 27.7 Å². The number of nitrogens with one attached hydrogen (secondary N) is 1. The largest absolute Gasteiger partial charge is 0.356 e. The first kappa shape index (κ1) is 12.2. The van der Waals surface area contributed by atoms with Gasteiger partial charge in [-0.25, -0.2) is 0 Å². The van der Waals surface area contributed by atoms with Crippen molar-refractivity contribution in [1.29, 1.82) is 0 Å². The fourth-order valence-corrected chi connectivity index (χ4v) is 3.97. The average Bonchev–Trinajstić information content (AvgIpc) is 2.92. The fraction of sp³-hybridized carbons (Fsp3) is 0.643. The third kappa shape index (κ3) is 2.31. The van der Waals surface area contributed by atoms with Gasteiger partial charge in [-0.15, -0.1) is 11.3 Å². The molecule has 2 aliphatic heterocycles. The van der Waals surface area contributed by atoms with Gasteiger partial charge in [-0.2, -0.15) is 0 Å². The van der Waals surface area contributed by atoms with Crippen LogP contribution in [0.1, 0.15) is 30.6 Å². The molecule has 0 unspecified atom stereocenters. The Morgan fingerprint density at radius 2 is 2.28 bits per heavy atom. The van der Waals surface area contributed by atoms with Crippen LogP contribution in [0.4, 0.5) is 0 Å². The molecule has 1 N–H and O–H groups in total. The lowest BCUT2D eigenvalue weighted by molar-refractivity contribution is -0.128. The van der Waals surface area contributed by atoms with E-state index < -0.39 is 0 Å². The van der Waals surface area contributed by atoms with E-state index in [9.17, 15) is 4.79 Å². The van der Waals surface area contributed by atoms with Crippen molar-refractivity contribution >= 4 is 17.2 Å². The normalized spacial score (nSPS) is 29.4. The van der Waals surface area contributed by atoms with E-state index in [4.69, 9.17) is 0 Å². The average molecular weight is 264 g/mol. The number of carbonyl (C=O) groups excluding carboxylic acids is 1. The summed E-state index contributed by atoms with van der Waals surface area (Å²) in [5, 5.41) is 5.15. The summed E-state index contributed by atoms with van der Waals surface area (Å²) in [5.41, 5.74) is -0.0375. The Morgan fingerprint density at radius 3 is 3.00 bits per heavy atom. The van der Waals surface area contributed by atoms with Crippen LogP contribution < -0.4 is 5.32 Å². The molecule has 1 spiro atoms. The summed E-state index contributed by atoms with van der Waals surface area (Å²) in [5.74, 6) is 0.306. The second kappa shape index (κ2) is 5.02. The smallest absolute Gasteiger partial charge is 0.226 e. The summed E-state index contributed by atoms with van der Waals surface area (Å²) >= 11 is 1.83. The van der Waals surface area contributed by atoms with Gasteiger partial charge in [-0.1, -0.05) is 6.07 Å². The first-order valence-electron chi connectivity index (χ1n) is 6.82. The van der Waals surface area contributed by atoms with Gasteiger partial charge in [0.25, 0.3) is 0 Å². The fourth-order valence-electron chi connectivity index (χ4n) is 3.22. The van der Waals surface area contributed by atoms with Crippen molar-refractivity contribution in [3.8, 4) is 0 Å². The maximum atomic E-state index is 12.0. The zero-order valence-corrected chi connectivity index (χ0v) is 11.5. The van der Waals surface area contributed by atoms with Crippen LogP contribution in [0.3, 0.4) is 0 Å². The molecule has 3 heterocycles. The van der Waals surface area contributed by atoms with Crippen LogP contribution in [-0.4, -0.2) is 30.4 Å². The van der Waals surface area contributed by atoms with Crippen LogP contribution >= 0.6 is 11.3 Å². The number of hydrogen-bond donors (Lipinski definition) is 1. The molecule has 2 saturated heterocycles. The highest BCUT2D eigenvalue weighted by atomic mass is 32.1. The van der Waals surface area contributed by atoms with Crippen molar-refractivity contribution < 1.29 is 4.79 Å². The molecule has 1 atom stereocenters. The van der Waals surface area contributed by atoms with Crippen molar-refractivity contribution in [2.24, 2.45) is 5.41 Å². The highest BCUT2D eigenvalue weighted by molar-refractivity contribution is 7.09. The van der Waals surface area contributed by atoms with E-state index in [-0.39, 0.29) is 5.41 Å². The topological polar surface area (TPSA) is 32.3 Å². The summed E-state index contributed by atoms with van der Waals surface area (Å²) < 4.78 is 0. The van der Waals surface area contributed by atoms with Gasteiger partial charge < -0.3 is 5.32 Å². The van der Waals surface area contributed by atoms with Gasteiger partial charge in [0.05, 0.1) is 5.41 Å². The lowest BCUT2D eigenvalue weighted by Crippen LogP contribution is -2.32. The van der Waals surface area contributed by atoms with Crippen molar-refractivity contribution in [3.63, 3.8) is 0 Å². The molecular weight excluding hydrogens is 244 g/mol. The minimum atomic E-state index is -0.0375. The minimum absolute atomic E-state index is 0.0375. The molecule has 18 heavy (non-hydrogen) atoms. The Bertz CT molecular complexity index is 417. The SMILES string of the molecule is O=C1NCC[C@]12CCCN(Cc1cccs1)CC2. The van der Waals surface area contributed by atoms with Gasteiger partial charge in [0.1, 0.15) is 0 Å². The highest BCUT2D eigenvalue weighted by Gasteiger charge is 2.42. The number of hydrogen-bond acceptors (Lipinski definition) is 3. The quantitative estimate of drug-likeness (QED) is 0.888. The zero-order valence-electron chi connectivity index (χ0n) is 10.7. The number of likely N-dealkylation sites (tertiary alicyclic amines) is 1. The summed E-state index contributed by atoms with van der Waals surface area (Å²) in [4.78, 5) is 15.9. The molecule has 4 heteroatoms. The van der Waals surface area contributed by atoms with Crippen molar-refractivity contribution in [3.05, 3.63) is 22.4 Å². The van der Waals surface area contributed by atoms with Crippen molar-refractivity contribution in [2.45, 2.75) is 32.2 Å². The van der Waals surface area contributed by atoms with Crippen LogP contribution in [0.25, 0.3) is 0 Å². The maximum Gasteiger partial charge on any atom is 0.226 e. The number of thiophene rings is 1. The van der Waals surface area contributed by atoms with Gasteiger partial charge >= 0.3 is 0 Å². The second-order valence-electron chi connectivity index (χ2n) is 5.50. The van der Waals surface area contributed by atoms with Crippen LogP contribution in [0.5, 0.6) is 0 Å². The lowest BCUT2D eigenvalue weighted by atomic mass is 9.79. The molecule has 98 valence electrons. The Labute approximate surface area is 112 Å². The maximum absolute atomic E-state index is 12.0. The van der Waals surface area contributed by atoms with Gasteiger partial charge in [0, 0.05) is 18.0 Å². The lowest BCUT2D eigenvalue weighted by Gasteiger charge is -2.24. The Balaban J connectivity index is 1.63. The Morgan fingerprint density at radius 1 is 1.33 bits per heavy atom. The van der Waals surface area contributed by atoms with Gasteiger partial charge in [-0.05, 0) is 50.2 Å². The molecule has 0 radical (unpaired) electrons. The molecule has 1 amide bonds. The van der Waals surface area contributed by atoms with Crippen molar-refractivity contribution in [1.82, 2.24) is 10.2 Å². The highest BCUT2D eigenvalue weighted by Crippen LogP contribution is 2.38. The van der Waals surface area contributed by atoms with Crippen LogP contribution in [0, 0.1) is 5.41 Å². The van der Waals surface area contributed by atoms with Gasteiger partial charge in [-0.3, -0.25) is 9.69 Å². The summed E-state index contributed by atoms with van der Waals surface area (Å²) in [6.07, 6.45) is 4.29. The Kier molecular flexibility index (Phi) is 3.39. The van der Waals surface area contributed by atoms with Crippen LogP contribution in [-0.2, 0) is 11.3 Å². The van der Waals surface area contributed by atoms with Crippen molar-refractivity contribution in [2.75, 3.05) is 19.6 Å². The van der Waals surface area contributed by atoms with E-state index in [0.717, 1.165) is 51.9 Å².